The molecular formula is C17H28N2O2. The number of rotatable bonds is 5. The summed E-state index contributed by atoms with van der Waals surface area (Å²) in [5, 5.41) is 2.78. The van der Waals surface area contributed by atoms with Crippen LogP contribution in [0.2, 0.25) is 0 Å². The number of carbonyl (C=O) groups is 1. The van der Waals surface area contributed by atoms with Crippen LogP contribution in [0, 0.1) is 0 Å². The number of ether oxygens (including phenoxy) is 1. The van der Waals surface area contributed by atoms with Crippen LogP contribution in [-0.4, -0.2) is 25.4 Å². The molecule has 1 aromatic rings. The van der Waals surface area contributed by atoms with Crippen LogP contribution in [0.5, 0.6) is 0 Å². The van der Waals surface area contributed by atoms with E-state index in [0.717, 1.165) is 18.5 Å². The highest BCUT2D eigenvalue weighted by molar-refractivity contribution is 5.68. The molecule has 0 aromatic heterocycles. The summed E-state index contributed by atoms with van der Waals surface area (Å²) in [5.74, 6) is 0. The molecule has 1 rings (SSSR count). The second kappa shape index (κ2) is 7.34. The molecule has 0 spiro atoms. The van der Waals surface area contributed by atoms with E-state index in [0.29, 0.717) is 6.67 Å². The molecule has 1 aromatic carbocycles. The van der Waals surface area contributed by atoms with Gasteiger partial charge in [0.15, 0.2) is 0 Å². The van der Waals surface area contributed by atoms with Gasteiger partial charge in [0.25, 0.3) is 0 Å². The number of alkyl carbamates (subject to hydrolysis) is 1. The van der Waals surface area contributed by atoms with E-state index in [4.69, 9.17) is 4.74 Å². The molecule has 4 nitrogen and oxygen atoms in total. The van der Waals surface area contributed by atoms with Gasteiger partial charge in [-0.25, -0.2) is 4.79 Å². The Labute approximate surface area is 128 Å². The monoisotopic (exact) mass is 292 g/mol. The summed E-state index contributed by atoms with van der Waals surface area (Å²) in [6.45, 7) is 10.3. The van der Waals surface area contributed by atoms with E-state index >= 15 is 0 Å². The fourth-order valence-electron chi connectivity index (χ4n) is 1.96. The molecule has 0 atom stereocenters. The van der Waals surface area contributed by atoms with Gasteiger partial charge in [-0.15, -0.1) is 0 Å². The first-order chi connectivity index (χ1) is 9.75. The zero-order chi connectivity index (χ0) is 16.0. The second-order valence-corrected chi connectivity index (χ2v) is 6.25. The number of hydrogen-bond donors (Lipinski definition) is 1. The molecule has 0 bridgehead atoms. The minimum Gasteiger partial charge on any atom is -0.444 e. The lowest BCUT2D eigenvalue weighted by atomic mass is 10.1. The van der Waals surface area contributed by atoms with E-state index in [2.05, 4.69) is 37.4 Å². The third-order valence-corrected chi connectivity index (χ3v) is 3.15. The maximum absolute atomic E-state index is 11.7. The molecule has 0 saturated heterocycles. The van der Waals surface area contributed by atoms with Gasteiger partial charge in [0.2, 0.25) is 0 Å². The third kappa shape index (κ3) is 6.06. The molecule has 0 radical (unpaired) electrons. The van der Waals surface area contributed by atoms with Crippen LogP contribution >= 0.6 is 0 Å². The Morgan fingerprint density at radius 1 is 1.14 bits per heavy atom. The predicted molar refractivity (Wildman–Crippen MR) is 87.8 cm³/mol. The Hall–Kier alpha value is -1.71. The zero-order valence-corrected chi connectivity index (χ0v) is 14.1. The highest BCUT2D eigenvalue weighted by atomic mass is 16.6. The normalized spacial score (nSPS) is 11.1. The van der Waals surface area contributed by atoms with Crippen molar-refractivity contribution in [3.05, 3.63) is 29.3 Å². The number of anilines is 1. The molecule has 21 heavy (non-hydrogen) atoms. The molecule has 0 saturated carbocycles. The molecular weight excluding hydrogens is 264 g/mol. The van der Waals surface area contributed by atoms with Crippen molar-refractivity contribution in [2.45, 2.75) is 53.1 Å². The first kappa shape index (κ1) is 17.3. The van der Waals surface area contributed by atoms with Gasteiger partial charge in [-0.1, -0.05) is 19.9 Å². The average molecular weight is 292 g/mol. The molecule has 0 aliphatic heterocycles. The summed E-state index contributed by atoms with van der Waals surface area (Å²) < 4.78 is 5.24. The molecule has 4 heteroatoms. The third-order valence-electron chi connectivity index (χ3n) is 3.15. The fraction of sp³-hybridized carbons (Fsp3) is 0.588. The van der Waals surface area contributed by atoms with E-state index in [-0.39, 0.29) is 0 Å². The van der Waals surface area contributed by atoms with Crippen molar-refractivity contribution in [3.8, 4) is 0 Å². The van der Waals surface area contributed by atoms with Gasteiger partial charge in [0.1, 0.15) is 5.60 Å². The number of aryl methyl sites for hydroxylation is 2. The number of amides is 1. The van der Waals surface area contributed by atoms with Crippen molar-refractivity contribution in [1.29, 1.82) is 0 Å². The first-order valence-electron chi connectivity index (χ1n) is 7.56. The number of nitrogens with one attached hydrogen (secondary N) is 1. The van der Waals surface area contributed by atoms with Crippen LogP contribution in [0.4, 0.5) is 10.5 Å². The summed E-state index contributed by atoms with van der Waals surface area (Å²) in [4.78, 5) is 13.7. The van der Waals surface area contributed by atoms with Gasteiger partial charge in [-0.2, -0.15) is 0 Å². The molecule has 0 aliphatic carbocycles. The lowest BCUT2D eigenvalue weighted by Gasteiger charge is -2.24. The highest BCUT2D eigenvalue weighted by Gasteiger charge is 2.16. The van der Waals surface area contributed by atoms with Crippen LogP contribution in [-0.2, 0) is 17.6 Å². The fourth-order valence-corrected chi connectivity index (χ4v) is 1.96. The lowest BCUT2D eigenvalue weighted by Crippen LogP contribution is -2.39. The topological polar surface area (TPSA) is 41.6 Å². The van der Waals surface area contributed by atoms with Crippen molar-refractivity contribution in [1.82, 2.24) is 5.32 Å². The summed E-state index contributed by atoms with van der Waals surface area (Å²) in [6.07, 6.45) is 1.62. The van der Waals surface area contributed by atoms with E-state index in [9.17, 15) is 4.79 Å². The van der Waals surface area contributed by atoms with Gasteiger partial charge in [-0.05, 0) is 56.9 Å². The summed E-state index contributed by atoms with van der Waals surface area (Å²) in [6, 6.07) is 6.56. The Bertz CT molecular complexity index is 456. The average Bonchev–Trinajstić information content (AvgIpc) is 2.42. The van der Waals surface area contributed by atoms with E-state index in [1.54, 1.807) is 0 Å². The summed E-state index contributed by atoms with van der Waals surface area (Å²) in [5.41, 5.74) is 3.27. The number of carbonyl (C=O) groups excluding carboxylic acids is 1. The van der Waals surface area contributed by atoms with Crippen molar-refractivity contribution in [3.63, 3.8) is 0 Å². The smallest absolute Gasteiger partial charge is 0.409 e. The summed E-state index contributed by atoms with van der Waals surface area (Å²) >= 11 is 0. The summed E-state index contributed by atoms with van der Waals surface area (Å²) in [7, 11) is 1.96. The minimum atomic E-state index is -0.472. The largest absolute Gasteiger partial charge is 0.444 e. The van der Waals surface area contributed by atoms with Gasteiger partial charge < -0.3 is 15.0 Å². The molecule has 0 fully saturated rings. The number of nitrogens with zero attached hydrogens (tertiary/aromatic N) is 1. The van der Waals surface area contributed by atoms with Crippen molar-refractivity contribution in [2.75, 3.05) is 18.6 Å². The predicted octanol–water partition coefficient (Wildman–Crippen LogP) is 3.73. The number of hydrogen-bond acceptors (Lipinski definition) is 3. The molecule has 0 aliphatic rings. The van der Waals surface area contributed by atoms with E-state index < -0.39 is 11.7 Å². The lowest BCUT2D eigenvalue weighted by molar-refractivity contribution is 0.0528. The van der Waals surface area contributed by atoms with Crippen LogP contribution in [0.1, 0.15) is 45.7 Å². The van der Waals surface area contributed by atoms with E-state index in [1.807, 2.05) is 32.7 Å². The van der Waals surface area contributed by atoms with E-state index in [1.165, 1.54) is 11.1 Å². The van der Waals surface area contributed by atoms with Crippen LogP contribution in [0.3, 0.4) is 0 Å². The molecule has 1 N–H and O–H groups in total. The maximum Gasteiger partial charge on any atom is 0.409 e. The van der Waals surface area contributed by atoms with Crippen molar-refractivity contribution >= 4 is 11.8 Å². The second-order valence-electron chi connectivity index (χ2n) is 6.25. The van der Waals surface area contributed by atoms with Gasteiger partial charge in [-0.3, -0.25) is 0 Å². The molecule has 0 heterocycles. The standard InChI is InChI=1S/C17H28N2O2/c1-7-13-9-14(8-2)11-15(10-13)19(6)12-18-16(20)21-17(3,4)5/h9-11H,7-8,12H2,1-6H3,(H,18,20). The van der Waals surface area contributed by atoms with Crippen LogP contribution < -0.4 is 10.2 Å². The maximum atomic E-state index is 11.7. The molecule has 118 valence electrons. The highest BCUT2D eigenvalue weighted by Crippen LogP contribution is 2.19. The van der Waals surface area contributed by atoms with Crippen LogP contribution in [0.15, 0.2) is 18.2 Å². The Morgan fingerprint density at radius 3 is 2.10 bits per heavy atom. The SMILES string of the molecule is CCc1cc(CC)cc(N(C)CNC(=O)OC(C)(C)C)c1. The first-order valence-corrected chi connectivity index (χ1v) is 7.56. The Morgan fingerprint density at radius 2 is 1.67 bits per heavy atom. The van der Waals surface area contributed by atoms with Crippen LogP contribution in [0.25, 0.3) is 0 Å². The quantitative estimate of drug-likeness (QED) is 0.841. The van der Waals surface area contributed by atoms with Crippen molar-refractivity contribution in [2.24, 2.45) is 0 Å². The van der Waals surface area contributed by atoms with Gasteiger partial charge >= 0.3 is 6.09 Å². The van der Waals surface area contributed by atoms with Crippen molar-refractivity contribution < 1.29 is 9.53 Å². The Balaban J connectivity index is 2.67. The number of benzene rings is 1. The van der Waals surface area contributed by atoms with Gasteiger partial charge in [0, 0.05) is 12.7 Å². The minimum absolute atomic E-state index is 0.392. The molecule has 0 unspecified atom stereocenters. The zero-order valence-electron chi connectivity index (χ0n) is 14.1. The molecule has 1 amide bonds. The Kier molecular flexibility index (Phi) is 6.06. The van der Waals surface area contributed by atoms with Gasteiger partial charge in [0.05, 0.1) is 6.67 Å².